The third-order valence-electron chi connectivity index (χ3n) is 1.44. The van der Waals surface area contributed by atoms with Crippen LogP contribution in [-0.2, 0) is 0 Å². The van der Waals surface area contributed by atoms with Gasteiger partial charge in [-0.25, -0.2) is 0 Å². The third-order valence-corrected chi connectivity index (χ3v) is 1.44. The first-order chi connectivity index (χ1) is 4.83. The van der Waals surface area contributed by atoms with Gasteiger partial charge in [0.15, 0.2) is 0 Å². The van der Waals surface area contributed by atoms with Gasteiger partial charge in [0.05, 0.1) is 24.4 Å². The van der Waals surface area contributed by atoms with Crippen molar-refractivity contribution < 1.29 is 20.4 Å². The van der Waals surface area contributed by atoms with Crippen molar-refractivity contribution in [3.63, 3.8) is 0 Å². The lowest BCUT2D eigenvalue weighted by molar-refractivity contribution is -0.0894. The molecule has 0 aromatic carbocycles. The monoisotopic (exact) mass is 164 g/mol. The number of aliphatic hydroxyl groups is 4. The fourth-order valence-electron chi connectivity index (χ4n) is 0.932. The molecule has 0 heterocycles. The van der Waals surface area contributed by atoms with Crippen molar-refractivity contribution in [2.45, 2.75) is 31.5 Å². The highest BCUT2D eigenvalue weighted by molar-refractivity contribution is 4.83. The first kappa shape index (κ1) is 10.8. The van der Waals surface area contributed by atoms with E-state index in [1.165, 1.54) is 13.8 Å². The minimum absolute atomic E-state index is 0.0486. The van der Waals surface area contributed by atoms with Gasteiger partial charge in [0, 0.05) is 6.42 Å². The molecule has 0 rings (SSSR count). The van der Waals surface area contributed by atoms with Crippen molar-refractivity contribution in [2.24, 2.45) is 0 Å². The Morgan fingerprint density at radius 2 is 1.18 bits per heavy atom. The Morgan fingerprint density at radius 3 is 1.36 bits per heavy atom. The lowest BCUT2D eigenvalue weighted by atomic mass is 9.91. The molecule has 0 radical (unpaired) electrons. The van der Waals surface area contributed by atoms with Gasteiger partial charge in [0.25, 0.3) is 0 Å². The average Bonchev–Trinajstić information content (AvgIpc) is 1.86. The van der Waals surface area contributed by atoms with Crippen LogP contribution >= 0.6 is 0 Å². The average molecular weight is 164 g/mol. The summed E-state index contributed by atoms with van der Waals surface area (Å²) >= 11 is 0. The summed E-state index contributed by atoms with van der Waals surface area (Å²) < 4.78 is 0. The molecule has 4 N–H and O–H groups in total. The highest BCUT2D eigenvalue weighted by atomic mass is 16.3. The van der Waals surface area contributed by atoms with E-state index < -0.39 is 24.4 Å². The van der Waals surface area contributed by atoms with Gasteiger partial charge in [-0.05, 0) is 13.8 Å². The summed E-state index contributed by atoms with van der Waals surface area (Å²) in [5.41, 5.74) is -2.65. The van der Waals surface area contributed by atoms with Gasteiger partial charge in [-0.1, -0.05) is 0 Å². The van der Waals surface area contributed by atoms with E-state index in [4.69, 9.17) is 10.2 Å². The lowest BCUT2D eigenvalue weighted by Crippen LogP contribution is -2.42. The zero-order valence-electron chi connectivity index (χ0n) is 6.91. The SMILES string of the molecule is C[C@](O)(CO)C[C@@](C)(O)CO. The number of hydrogen-bond acceptors (Lipinski definition) is 4. The van der Waals surface area contributed by atoms with Crippen LogP contribution in [0.25, 0.3) is 0 Å². The van der Waals surface area contributed by atoms with Gasteiger partial charge >= 0.3 is 0 Å². The molecular formula is C7H16O4. The summed E-state index contributed by atoms with van der Waals surface area (Å²) in [6.07, 6.45) is -0.0486. The van der Waals surface area contributed by atoms with Crippen molar-refractivity contribution in [2.75, 3.05) is 13.2 Å². The van der Waals surface area contributed by atoms with Crippen LogP contribution in [0.5, 0.6) is 0 Å². The first-order valence-electron chi connectivity index (χ1n) is 3.49. The fourth-order valence-corrected chi connectivity index (χ4v) is 0.932. The van der Waals surface area contributed by atoms with E-state index in [0.29, 0.717) is 0 Å². The maximum Gasteiger partial charge on any atom is 0.0877 e. The molecule has 0 aliphatic carbocycles. The van der Waals surface area contributed by atoms with Gasteiger partial charge in [-0.15, -0.1) is 0 Å². The maximum atomic E-state index is 9.27. The molecule has 68 valence electrons. The summed E-state index contributed by atoms with van der Waals surface area (Å²) in [7, 11) is 0. The van der Waals surface area contributed by atoms with Gasteiger partial charge in [0.2, 0.25) is 0 Å². The number of hydrogen-bond donors (Lipinski definition) is 4. The Balaban J connectivity index is 4.02. The van der Waals surface area contributed by atoms with E-state index in [-0.39, 0.29) is 6.42 Å². The molecule has 4 nitrogen and oxygen atoms in total. The summed E-state index contributed by atoms with van der Waals surface area (Å²) in [6.45, 7) is 1.95. The van der Waals surface area contributed by atoms with E-state index in [9.17, 15) is 10.2 Å². The minimum atomic E-state index is -1.33. The van der Waals surface area contributed by atoms with Crippen molar-refractivity contribution >= 4 is 0 Å². The second kappa shape index (κ2) is 3.49. The van der Waals surface area contributed by atoms with Crippen LogP contribution in [-0.4, -0.2) is 44.8 Å². The normalized spacial score (nSPS) is 22.4. The highest BCUT2D eigenvalue weighted by Gasteiger charge is 2.31. The molecular weight excluding hydrogens is 148 g/mol. The summed E-state index contributed by atoms with van der Waals surface area (Å²) in [5.74, 6) is 0. The molecule has 0 aliphatic rings. The third kappa shape index (κ3) is 4.31. The highest BCUT2D eigenvalue weighted by Crippen LogP contribution is 2.18. The topological polar surface area (TPSA) is 80.9 Å². The van der Waals surface area contributed by atoms with Crippen LogP contribution in [0.2, 0.25) is 0 Å². The van der Waals surface area contributed by atoms with Crippen LogP contribution in [0.3, 0.4) is 0 Å². The Kier molecular flexibility index (Phi) is 3.44. The second-order valence-electron chi connectivity index (χ2n) is 3.49. The molecule has 2 atom stereocenters. The summed E-state index contributed by atoms with van der Waals surface area (Å²) in [5, 5.41) is 35.8. The molecule has 0 bridgehead atoms. The van der Waals surface area contributed by atoms with Gasteiger partial charge in [-0.2, -0.15) is 0 Å². The maximum absolute atomic E-state index is 9.27. The Bertz CT molecular complexity index is 106. The van der Waals surface area contributed by atoms with Crippen LogP contribution < -0.4 is 0 Å². The molecule has 0 saturated carbocycles. The first-order valence-corrected chi connectivity index (χ1v) is 3.49. The summed E-state index contributed by atoms with van der Waals surface area (Å²) in [6, 6.07) is 0. The van der Waals surface area contributed by atoms with Crippen molar-refractivity contribution in [3.05, 3.63) is 0 Å². The van der Waals surface area contributed by atoms with Crippen LogP contribution in [0, 0.1) is 0 Å². The largest absolute Gasteiger partial charge is 0.393 e. The standard InChI is InChI=1S/C7H16O4/c1-6(10,4-8)3-7(2,11)5-9/h8-11H,3-5H2,1-2H3/t6-,7-/m1/s1. The zero-order valence-corrected chi connectivity index (χ0v) is 6.91. The molecule has 0 aromatic rings. The molecule has 0 amide bonds. The molecule has 0 aliphatic heterocycles. The van der Waals surface area contributed by atoms with Gasteiger partial charge in [-0.3, -0.25) is 0 Å². The Hall–Kier alpha value is -0.160. The Labute approximate surface area is 66.1 Å². The molecule has 4 heteroatoms. The van der Waals surface area contributed by atoms with Crippen LogP contribution in [0.4, 0.5) is 0 Å². The molecule has 0 fully saturated rings. The smallest absolute Gasteiger partial charge is 0.0877 e. The summed E-state index contributed by atoms with van der Waals surface area (Å²) in [4.78, 5) is 0. The van der Waals surface area contributed by atoms with E-state index in [0.717, 1.165) is 0 Å². The van der Waals surface area contributed by atoms with E-state index in [2.05, 4.69) is 0 Å². The minimum Gasteiger partial charge on any atom is -0.393 e. The van der Waals surface area contributed by atoms with Crippen molar-refractivity contribution in [3.8, 4) is 0 Å². The van der Waals surface area contributed by atoms with Crippen molar-refractivity contribution in [1.82, 2.24) is 0 Å². The number of aliphatic hydroxyl groups excluding tert-OH is 2. The Morgan fingerprint density at radius 1 is 0.909 bits per heavy atom. The van der Waals surface area contributed by atoms with Gasteiger partial charge in [0.1, 0.15) is 0 Å². The molecule has 0 spiro atoms. The molecule has 0 aromatic heterocycles. The molecule has 0 saturated heterocycles. The molecule has 0 unspecified atom stereocenters. The number of rotatable bonds is 4. The van der Waals surface area contributed by atoms with Crippen LogP contribution in [0.15, 0.2) is 0 Å². The predicted molar refractivity (Wildman–Crippen MR) is 40.0 cm³/mol. The second-order valence-corrected chi connectivity index (χ2v) is 3.49. The fraction of sp³-hybridized carbons (Fsp3) is 1.00. The quantitative estimate of drug-likeness (QED) is 0.423. The zero-order chi connectivity index (χ0) is 9.12. The van der Waals surface area contributed by atoms with E-state index in [1.54, 1.807) is 0 Å². The predicted octanol–water partition coefficient (Wildman–Crippen LogP) is -1.14. The van der Waals surface area contributed by atoms with Crippen molar-refractivity contribution in [1.29, 1.82) is 0 Å². The van der Waals surface area contributed by atoms with Crippen LogP contribution in [0.1, 0.15) is 20.3 Å². The van der Waals surface area contributed by atoms with E-state index >= 15 is 0 Å². The van der Waals surface area contributed by atoms with E-state index in [1.807, 2.05) is 0 Å². The lowest BCUT2D eigenvalue weighted by Gasteiger charge is -2.29. The van der Waals surface area contributed by atoms with Gasteiger partial charge < -0.3 is 20.4 Å². The molecule has 11 heavy (non-hydrogen) atoms.